The molecule has 14 heavy (non-hydrogen) atoms. The molecular formula is C11H21N3. The van der Waals surface area contributed by atoms with E-state index in [1.54, 1.807) is 0 Å². The highest BCUT2D eigenvalue weighted by Gasteiger charge is 2.38. The lowest BCUT2D eigenvalue weighted by Gasteiger charge is -2.44. The number of hydrogen-bond donors (Lipinski definition) is 0. The molecule has 0 N–H and O–H groups in total. The van der Waals surface area contributed by atoms with E-state index in [4.69, 9.17) is 5.53 Å². The van der Waals surface area contributed by atoms with Crippen molar-refractivity contribution in [2.45, 2.75) is 52.4 Å². The van der Waals surface area contributed by atoms with Crippen LogP contribution in [0.1, 0.15) is 52.4 Å². The Morgan fingerprint density at radius 3 is 2.50 bits per heavy atom. The molecule has 0 radical (unpaired) electrons. The van der Waals surface area contributed by atoms with E-state index in [-0.39, 0.29) is 7.43 Å². The molecule has 0 amide bonds. The van der Waals surface area contributed by atoms with Gasteiger partial charge in [0.2, 0.25) is 0 Å². The zero-order valence-corrected chi connectivity index (χ0v) is 8.08. The van der Waals surface area contributed by atoms with Crippen LogP contribution in [-0.4, -0.2) is 6.54 Å². The van der Waals surface area contributed by atoms with E-state index in [9.17, 15) is 0 Å². The summed E-state index contributed by atoms with van der Waals surface area (Å²) in [6.07, 6.45) is 9.45. The van der Waals surface area contributed by atoms with E-state index < -0.39 is 0 Å². The molecule has 0 aliphatic heterocycles. The van der Waals surface area contributed by atoms with Gasteiger partial charge in [-0.15, -0.1) is 0 Å². The van der Waals surface area contributed by atoms with Gasteiger partial charge in [-0.05, 0) is 36.1 Å². The van der Waals surface area contributed by atoms with Gasteiger partial charge < -0.3 is 0 Å². The molecule has 80 valence electrons. The molecule has 2 saturated carbocycles. The summed E-state index contributed by atoms with van der Waals surface area (Å²) in [6.45, 7) is 0.750. The second-order valence-electron chi connectivity index (χ2n) is 4.74. The van der Waals surface area contributed by atoms with Crippen molar-refractivity contribution >= 4 is 0 Å². The predicted molar refractivity (Wildman–Crippen MR) is 59.0 cm³/mol. The lowest BCUT2D eigenvalue weighted by atomic mass is 9.62. The molecule has 2 aliphatic carbocycles. The fraction of sp³-hybridized carbons (Fsp3) is 1.00. The molecule has 2 aliphatic rings. The van der Waals surface area contributed by atoms with Crippen LogP contribution in [0.4, 0.5) is 0 Å². The van der Waals surface area contributed by atoms with Crippen LogP contribution in [0, 0.1) is 11.3 Å². The number of hydrogen-bond acceptors (Lipinski definition) is 1. The number of azide groups is 1. The average molecular weight is 195 g/mol. The Morgan fingerprint density at radius 1 is 1.29 bits per heavy atom. The van der Waals surface area contributed by atoms with Crippen molar-refractivity contribution < 1.29 is 0 Å². The minimum absolute atomic E-state index is 0. The molecule has 2 fully saturated rings. The standard InChI is InChI=1S/C10H17N3.CH4/c11-13-12-8-10-5-1-3-9(7-10)4-2-6-10;/h9H,1-8H2;1H4. The maximum Gasteiger partial charge on any atom is 0.0314 e. The summed E-state index contributed by atoms with van der Waals surface area (Å²) < 4.78 is 0. The number of nitrogens with zero attached hydrogens (tertiary/aromatic N) is 3. The van der Waals surface area contributed by atoms with E-state index in [2.05, 4.69) is 10.0 Å². The van der Waals surface area contributed by atoms with Gasteiger partial charge in [0, 0.05) is 11.5 Å². The van der Waals surface area contributed by atoms with E-state index in [1.807, 2.05) is 0 Å². The van der Waals surface area contributed by atoms with Crippen LogP contribution >= 0.6 is 0 Å². The molecule has 0 aromatic carbocycles. The van der Waals surface area contributed by atoms with Crippen molar-refractivity contribution in [2.75, 3.05) is 6.54 Å². The fourth-order valence-corrected chi connectivity index (χ4v) is 3.23. The minimum Gasteiger partial charge on any atom is -0.0934 e. The Labute approximate surface area is 86.5 Å². The Balaban J connectivity index is 0.000000980. The molecule has 0 atom stereocenters. The van der Waals surface area contributed by atoms with Crippen LogP contribution in [0.25, 0.3) is 10.4 Å². The third-order valence-corrected chi connectivity index (χ3v) is 3.83. The third kappa shape index (κ3) is 2.21. The summed E-state index contributed by atoms with van der Waals surface area (Å²) in [5, 5.41) is 3.79. The van der Waals surface area contributed by atoms with Gasteiger partial charge in [0.15, 0.2) is 0 Å². The Hall–Kier alpha value is -0.690. The summed E-state index contributed by atoms with van der Waals surface area (Å²) in [7, 11) is 0. The van der Waals surface area contributed by atoms with Crippen molar-refractivity contribution in [2.24, 2.45) is 16.4 Å². The smallest absolute Gasteiger partial charge is 0.0314 e. The van der Waals surface area contributed by atoms with Crippen LogP contribution in [0.3, 0.4) is 0 Å². The highest BCUT2D eigenvalue weighted by atomic mass is 15.1. The lowest BCUT2D eigenvalue weighted by Crippen LogP contribution is -2.35. The third-order valence-electron chi connectivity index (χ3n) is 3.83. The van der Waals surface area contributed by atoms with Crippen LogP contribution in [-0.2, 0) is 0 Å². The van der Waals surface area contributed by atoms with Crippen molar-refractivity contribution in [1.82, 2.24) is 0 Å². The largest absolute Gasteiger partial charge is 0.0934 e. The maximum atomic E-state index is 8.35. The Kier molecular flexibility index (Phi) is 3.82. The van der Waals surface area contributed by atoms with Crippen molar-refractivity contribution in [3.63, 3.8) is 0 Å². The van der Waals surface area contributed by atoms with Crippen molar-refractivity contribution in [1.29, 1.82) is 0 Å². The van der Waals surface area contributed by atoms with Gasteiger partial charge in [-0.25, -0.2) is 0 Å². The number of fused-ring (bicyclic) bond motifs is 2. The van der Waals surface area contributed by atoms with E-state index in [0.29, 0.717) is 5.41 Å². The highest BCUT2D eigenvalue weighted by molar-refractivity contribution is 4.91. The average Bonchev–Trinajstić information content (AvgIpc) is 2.15. The fourth-order valence-electron chi connectivity index (χ4n) is 3.23. The predicted octanol–water partition coefficient (Wildman–Crippen LogP) is 4.29. The normalized spacial score (nSPS) is 35.3. The topological polar surface area (TPSA) is 48.8 Å². The first-order chi connectivity index (χ1) is 6.35. The SMILES string of the molecule is C.[N-]=[N+]=NCC12CCCC(CCC1)C2. The van der Waals surface area contributed by atoms with Crippen molar-refractivity contribution in [3.8, 4) is 0 Å². The van der Waals surface area contributed by atoms with Crippen molar-refractivity contribution in [3.05, 3.63) is 10.4 Å². The summed E-state index contributed by atoms with van der Waals surface area (Å²) >= 11 is 0. The number of rotatable bonds is 2. The van der Waals surface area contributed by atoms with Gasteiger partial charge in [0.1, 0.15) is 0 Å². The van der Waals surface area contributed by atoms with Crippen LogP contribution in [0.2, 0.25) is 0 Å². The van der Waals surface area contributed by atoms with Gasteiger partial charge in [0.25, 0.3) is 0 Å². The summed E-state index contributed by atoms with van der Waals surface area (Å²) in [5.74, 6) is 0.941. The van der Waals surface area contributed by atoms with E-state index in [0.717, 1.165) is 12.5 Å². The van der Waals surface area contributed by atoms with E-state index in [1.165, 1.54) is 44.9 Å². The van der Waals surface area contributed by atoms with Gasteiger partial charge in [-0.1, -0.05) is 38.2 Å². The van der Waals surface area contributed by atoms with Gasteiger partial charge in [-0.2, -0.15) is 0 Å². The first-order valence-corrected chi connectivity index (χ1v) is 5.36. The van der Waals surface area contributed by atoms with Gasteiger partial charge in [-0.3, -0.25) is 0 Å². The summed E-state index contributed by atoms with van der Waals surface area (Å²) in [6, 6.07) is 0. The molecule has 2 bridgehead atoms. The molecule has 3 heteroatoms. The second-order valence-corrected chi connectivity index (χ2v) is 4.74. The van der Waals surface area contributed by atoms with Crippen LogP contribution in [0.5, 0.6) is 0 Å². The summed E-state index contributed by atoms with van der Waals surface area (Å²) in [4.78, 5) is 2.90. The molecule has 0 aromatic heterocycles. The molecule has 3 nitrogen and oxygen atoms in total. The molecule has 0 unspecified atom stereocenters. The van der Waals surface area contributed by atoms with E-state index >= 15 is 0 Å². The lowest BCUT2D eigenvalue weighted by molar-refractivity contribution is 0.0857. The Bertz CT molecular complexity index is 221. The quantitative estimate of drug-likeness (QED) is 0.358. The minimum atomic E-state index is 0. The Morgan fingerprint density at radius 2 is 1.93 bits per heavy atom. The molecule has 0 spiro atoms. The van der Waals surface area contributed by atoms with Crippen LogP contribution < -0.4 is 0 Å². The molecule has 0 saturated heterocycles. The molecule has 0 heterocycles. The highest BCUT2D eigenvalue weighted by Crippen LogP contribution is 2.48. The molecule has 0 aromatic rings. The zero-order chi connectivity index (χ0) is 9.15. The van der Waals surface area contributed by atoms with Gasteiger partial charge >= 0.3 is 0 Å². The molecule has 2 rings (SSSR count). The second kappa shape index (κ2) is 4.70. The monoisotopic (exact) mass is 195 g/mol. The zero-order valence-electron chi connectivity index (χ0n) is 8.08. The first kappa shape index (κ1) is 11.4. The molecular weight excluding hydrogens is 174 g/mol. The first-order valence-electron chi connectivity index (χ1n) is 5.36. The van der Waals surface area contributed by atoms with Crippen LogP contribution in [0.15, 0.2) is 5.11 Å². The maximum absolute atomic E-state index is 8.35. The summed E-state index contributed by atoms with van der Waals surface area (Å²) in [5.41, 5.74) is 8.76. The van der Waals surface area contributed by atoms with Gasteiger partial charge in [0.05, 0.1) is 0 Å².